The third-order valence-electron chi connectivity index (χ3n) is 3.86. The molecule has 2 aromatic heterocycles. The number of benzene rings is 1. The smallest absolute Gasteiger partial charge is 0.231 e. The molecule has 0 aliphatic rings. The third kappa shape index (κ3) is 3.05. The van der Waals surface area contributed by atoms with Crippen molar-refractivity contribution in [2.45, 2.75) is 26.7 Å². The summed E-state index contributed by atoms with van der Waals surface area (Å²) in [6.07, 6.45) is 3.31. The van der Waals surface area contributed by atoms with E-state index in [1.807, 2.05) is 32.0 Å². The van der Waals surface area contributed by atoms with Crippen molar-refractivity contribution in [2.24, 2.45) is 0 Å². The second-order valence-corrected chi connectivity index (χ2v) is 5.98. The number of carbonyl (C=O) groups excluding carboxylic acids is 1. The van der Waals surface area contributed by atoms with Gasteiger partial charge in [0, 0.05) is 5.56 Å². The van der Waals surface area contributed by atoms with E-state index < -0.39 is 0 Å². The molecule has 3 rings (SSSR count). The monoisotopic (exact) mass is 344 g/mol. The number of rotatable bonds is 4. The van der Waals surface area contributed by atoms with Gasteiger partial charge in [-0.2, -0.15) is 5.10 Å². The molecule has 7 heteroatoms. The molecule has 0 bridgehead atoms. The van der Waals surface area contributed by atoms with Crippen molar-refractivity contribution in [2.75, 3.05) is 5.32 Å². The standard InChI is InChI=1S/C17H17ClN4O2/c1-10(16-11(2)21-24-12(16)3)17(23)20-13-8-19-22(9-13)15-7-5-4-6-14(15)18/h4-10H,1-3H3,(H,20,23)/t10-/m1/s1. The van der Waals surface area contributed by atoms with Crippen LogP contribution in [0, 0.1) is 13.8 Å². The Hall–Kier alpha value is -2.60. The van der Waals surface area contributed by atoms with Crippen LogP contribution < -0.4 is 5.32 Å². The molecule has 1 atom stereocenters. The van der Waals surface area contributed by atoms with Crippen molar-refractivity contribution < 1.29 is 9.32 Å². The Labute approximate surface area is 144 Å². The second kappa shape index (κ2) is 6.49. The van der Waals surface area contributed by atoms with Gasteiger partial charge < -0.3 is 9.84 Å². The van der Waals surface area contributed by atoms with Gasteiger partial charge in [0.15, 0.2) is 0 Å². The van der Waals surface area contributed by atoms with Gasteiger partial charge in [-0.25, -0.2) is 4.68 Å². The Balaban J connectivity index is 1.78. The predicted molar refractivity (Wildman–Crippen MR) is 91.6 cm³/mol. The third-order valence-corrected chi connectivity index (χ3v) is 4.18. The van der Waals surface area contributed by atoms with Crippen LogP contribution in [0.15, 0.2) is 41.2 Å². The Morgan fingerprint density at radius 2 is 2.08 bits per heavy atom. The highest BCUT2D eigenvalue weighted by Gasteiger charge is 2.23. The lowest BCUT2D eigenvalue weighted by molar-refractivity contribution is -0.117. The molecule has 0 aliphatic heterocycles. The summed E-state index contributed by atoms with van der Waals surface area (Å²) < 4.78 is 6.75. The molecule has 1 aromatic carbocycles. The minimum Gasteiger partial charge on any atom is -0.361 e. The van der Waals surface area contributed by atoms with Crippen molar-refractivity contribution in [1.82, 2.24) is 14.9 Å². The molecule has 3 aromatic rings. The molecule has 2 heterocycles. The average Bonchev–Trinajstić information content (AvgIpc) is 3.14. The summed E-state index contributed by atoms with van der Waals surface area (Å²) >= 11 is 6.16. The lowest BCUT2D eigenvalue weighted by Gasteiger charge is -2.10. The number of para-hydroxylation sites is 1. The fourth-order valence-electron chi connectivity index (χ4n) is 2.65. The first-order valence-corrected chi connectivity index (χ1v) is 7.88. The molecule has 0 radical (unpaired) electrons. The normalized spacial score (nSPS) is 12.2. The zero-order valence-electron chi connectivity index (χ0n) is 13.6. The molecule has 1 N–H and O–H groups in total. The molecular formula is C17H17ClN4O2. The summed E-state index contributed by atoms with van der Waals surface area (Å²) in [6.45, 7) is 5.44. The van der Waals surface area contributed by atoms with Crippen LogP contribution in [0.25, 0.3) is 5.69 Å². The molecule has 0 spiro atoms. The van der Waals surface area contributed by atoms with Crippen LogP contribution in [0.5, 0.6) is 0 Å². The van der Waals surface area contributed by atoms with Crippen LogP contribution in [-0.4, -0.2) is 20.8 Å². The van der Waals surface area contributed by atoms with Gasteiger partial charge in [0.2, 0.25) is 5.91 Å². The number of hydrogen-bond donors (Lipinski definition) is 1. The number of halogens is 1. The lowest BCUT2D eigenvalue weighted by atomic mass is 9.99. The number of carbonyl (C=O) groups is 1. The lowest BCUT2D eigenvalue weighted by Crippen LogP contribution is -2.19. The van der Waals surface area contributed by atoms with E-state index in [2.05, 4.69) is 15.6 Å². The SMILES string of the molecule is Cc1noc(C)c1[C@@H](C)C(=O)Nc1cnn(-c2ccccc2Cl)c1. The number of nitrogens with one attached hydrogen (secondary N) is 1. The fourth-order valence-corrected chi connectivity index (χ4v) is 2.87. The molecule has 0 aliphatic carbocycles. The number of amides is 1. The first-order valence-electron chi connectivity index (χ1n) is 7.50. The quantitative estimate of drug-likeness (QED) is 0.779. The van der Waals surface area contributed by atoms with E-state index in [9.17, 15) is 4.79 Å². The van der Waals surface area contributed by atoms with E-state index in [-0.39, 0.29) is 11.8 Å². The minimum absolute atomic E-state index is 0.150. The number of aromatic nitrogens is 3. The number of nitrogens with zero attached hydrogens (tertiary/aromatic N) is 3. The minimum atomic E-state index is -0.375. The Bertz CT molecular complexity index is 865. The van der Waals surface area contributed by atoms with Gasteiger partial charge in [0.1, 0.15) is 5.76 Å². The van der Waals surface area contributed by atoms with E-state index in [0.717, 1.165) is 16.9 Å². The van der Waals surface area contributed by atoms with Crippen molar-refractivity contribution in [3.05, 3.63) is 58.7 Å². The first-order chi connectivity index (χ1) is 11.5. The van der Waals surface area contributed by atoms with E-state index >= 15 is 0 Å². The Kier molecular flexibility index (Phi) is 4.40. The van der Waals surface area contributed by atoms with Crippen molar-refractivity contribution >= 4 is 23.2 Å². The average molecular weight is 345 g/mol. The molecule has 0 saturated heterocycles. The van der Waals surface area contributed by atoms with Crippen LogP contribution in [0.1, 0.15) is 29.9 Å². The van der Waals surface area contributed by atoms with Gasteiger partial charge in [-0.1, -0.05) is 28.9 Å². The molecule has 0 fully saturated rings. The van der Waals surface area contributed by atoms with Crippen LogP contribution in [0.3, 0.4) is 0 Å². The van der Waals surface area contributed by atoms with Crippen molar-refractivity contribution in [1.29, 1.82) is 0 Å². The zero-order chi connectivity index (χ0) is 17.3. The maximum absolute atomic E-state index is 12.5. The summed E-state index contributed by atoms with van der Waals surface area (Å²) in [4.78, 5) is 12.5. The zero-order valence-corrected chi connectivity index (χ0v) is 14.3. The largest absolute Gasteiger partial charge is 0.361 e. The second-order valence-electron chi connectivity index (χ2n) is 5.57. The first kappa shape index (κ1) is 16.3. The van der Waals surface area contributed by atoms with E-state index in [1.165, 1.54) is 0 Å². The highest BCUT2D eigenvalue weighted by atomic mass is 35.5. The van der Waals surface area contributed by atoms with E-state index in [4.69, 9.17) is 16.1 Å². The summed E-state index contributed by atoms with van der Waals surface area (Å²) in [7, 11) is 0. The molecule has 124 valence electrons. The van der Waals surface area contributed by atoms with Crippen molar-refractivity contribution in [3.8, 4) is 5.69 Å². The molecular weight excluding hydrogens is 328 g/mol. The van der Waals surface area contributed by atoms with Gasteiger partial charge in [-0.15, -0.1) is 0 Å². The molecule has 1 amide bonds. The summed E-state index contributed by atoms with van der Waals surface area (Å²) in [5, 5.41) is 11.6. The van der Waals surface area contributed by atoms with Crippen LogP contribution in [-0.2, 0) is 4.79 Å². The molecule has 0 unspecified atom stereocenters. The van der Waals surface area contributed by atoms with Crippen LogP contribution >= 0.6 is 11.6 Å². The maximum atomic E-state index is 12.5. The number of aryl methyl sites for hydroxylation is 2. The topological polar surface area (TPSA) is 73.0 Å². The summed E-state index contributed by atoms with van der Waals surface area (Å²) in [6, 6.07) is 7.37. The Morgan fingerprint density at radius 1 is 1.33 bits per heavy atom. The molecule has 6 nitrogen and oxygen atoms in total. The van der Waals surface area contributed by atoms with E-state index in [1.54, 1.807) is 30.1 Å². The highest BCUT2D eigenvalue weighted by Crippen LogP contribution is 2.25. The van der Waals surface area contributed by atoms with Gasteiger partial charge >= 0.3 is 0 Å². The van der Waals surface area contributed by atoms with Crippen LogP contribution in [0.2, 0.25) is 5.02 Å². The van der Waals surface area contributed by atoms with Gasteiger partial charge in [0.25, 0.3) is 0 Å². The van der Waals surface area contributed by atoms with E-state index in [0.29, 0.717) is 16.5 Å². The van der Waals surface area contributed by atoms with Gasteiger partial charge in [-0.05, 0) is 32.9 Å². The fraction of sp³-hybridized carbons (Fsp3) is 0.235. The summed E-state index contributed by atoms with van der Waals surface area (Å²) in [5.74, 6) is 0.130. The van der Waals surface area contributed by atoms with Gasteiger partial charge in [-0.3, -0.25) is 4.79 Å². The predicted octanol–water partition coefficient (Wildman–Crippen LogP) is 3.87. The maximum Gasteiger partial charge on any atom is 0.231 e. The highest BCUT2D eigenvalue weighted by molar-refractivity contribution is 6.32. The van der Waals surface area contributed by atoms with Crippen LogP contribution in [0.4, 0.5) is 5.69 Å². The number of hydrogen-bond acceptors (Lipinski definition) is 4. The number of anilines is 1. The van der Waals surface area contributed by atoms with Gasteiger partial charge in [0.05, 0.1) is 40.4 Å². The van der Waals surface area contributed by atoms with Crippen molar-refractivity contribution in [3.63, 3.8) is 0 Å². The molecule has 0 saturated carbocycles. The summed E-state index contributed by atoms with van der Waals surface area (Å²) in [5.41, 5.74) is 2.88. The Morgan fingerprint density at radius 3 is 2.75 bits per heavy atom. The molecule has 24 heavy (non-hydrogen) atoms.